The molecule has 0 saturated carbocycles. The monoisotopic (exact) mass is 368 g/mol. The van der Waals surface area contributed by atoms with Crippen molar-refractivity contribution in [3.05, 3.63) is 46.6 Å². The van der Waals surface area contributed by atoms with Gasteiger partial charge < -0.3 is 14.2 Å². The van der Waals surface area contributed by atoms with Crippen LogP contribution >= 0.6 is 0 Å². The molecule has 5 rings (SSSR count). The van der Waals surface area contributed by atoms with Gasteiger partial charge in [0.15, 0.2) is 11.6 Å². The molecule has 0 N–H and O–H groups in total. The number of ether oxygens (including phenoxy) is 3. The lowest BCUT2D eigenvalue weighted by atomic mass is 10.2. The van der Waals surface area contributed by atoms with Crippen LogP contribution < -0.4 is 20.0 Å². The molecule has 1 aromatic carbocycles. The molecule has 1 fully saturated rings. The predicted molar refractivity (Wildman–Crippen MR) is 94.1 cm³/mol. The Kier molecular flexibility index (Phi) is 3.61. The number of nitrogens with zero attached hydrogens (tertiary/aromatic N) is 4. The highest BCUT2D eigenvalue weighted by molar-refractivity contribution is 5.67. The van der Waals surface area contributed by atoms with Crippen molar-refractivity contribution in [2.24, 2.45) is 4.99 Å². The summed E-state index contributed by atoms with van der Waals surface area (Å²) >= 11 is 0. The molecular formula is C19H17FN4O3. The van der Waals surface area contributed by atoms with E-state index in [9.17, 15) is 4.39 Å². The lowest BCUT2D eigenvalue weighted by Gasteiger charge is -2.08. The molecule has 8 heteroatoms. The Hall–Kier alpha value is -3.00. The first-order chi connectivity index (χ1) is 13.1. The molecule has 138 valence electrons. The van der Waals surface area contributed by atoms with E-state index in [1.807, 2.05) is 13.8 Å². The Morgan fingerprint density at radius 2 is 2.19 bits per heavy atom. The summed E-state index contributed by atoms with van der Waals surface area (Å²) in [7, 11) is 0. The fraction of sp³-hybridized carbons (Fsp3) is 0.316. The van der Waals surface area contributed by atoms with E-state index in [1.54, 1.807) is 28.9 Å². The van der Waals surface area contributed by atoms with Crippen LogP contribution in [0.15, 0.2) is 29.6 Å². The van der Waals surface area contributed by atoms with Gasteiger partial charge in [0, 0.05) is 10.8 Å². The molecule has 2 aliphatic heterocycles. The molecule has 1 saturated heterocycles. The minimum Gasteiger partial charge on any atom is -0.489 e. The molecule has 0 aliphatic carbocycles. The van der Waals surface area contributed by atoms with Crippen molar-refractivity contribution in [2.45, 2.75) is 26.0 Å². The summed E-state index contributed by atoms with van der Waals surface area (Å²) in [5.41, 5.74) is 1.45. The smallest absolute Gasteiger partial charge is 0.247 e. The van der Waals surface area contributed by atoms with Crippen molar-refractivity contribution in [2.75, 3.05) is 13.2 Å². The molecular weight excluding hydrogens is 351 g/mol. The van der Waals surface area contributed by atoms with Gasteiger partial charge in [0.25, 0.3) is 0 Å². The quantitative estimate of drug-likeness (QED) is 0.639. The van der Waals surface area contributed by atoms with E-state index in [1.165, 1.54) is 6.33 Å². The summed E-state index contributed by atoms with van der Waals surface area (Å²) in [6, 6.07) is 3.28. The van der Waals surface area contributed by atoms with Gasteiger partial charge in [0.1, 0.15) is 30.3 Å². The van der Waals surface area contributed by atoms with Gasteiger partial charge >= 0.3 is 0 Å². The molecule has 4 heterocycles. The third-order valence-electron chi connectivity index (χ3n) is 4.65. The summed E-state index contributed by atoms with van der Waals surface area (Å²) in [5, 5.41) is 5.30. The highest BCUT2D eigenvalue weighted by Gasteiger charge is 2.24. The second kappa shape index (κ2) is 6.02. The molecule has 3 aromatic rings. The van der Waals surface area contributed by atoms with Crippen molar-refractivity contribution in [1.29, 1.82) is 0 Å². The zero-order valence-electron chi connectivity index (χ0n) is 14.8. The van der Waals surface area contributed by atoms with Crippen LogP contribution in [-0.2, 0) is 4.74 Å². The van der Waals surface area contributed by atoms with Gasteiger partial charge in [-0.25, -0.2) is 8.91 Å². The van der Waals surface area contributed by atoms with Crippen LogP contribution in [0.1, 0.15) is 12.5 Å². The maximum absolute atomic E-state index is 14.9. The lowest BCUT2D eigenvalue weighted by molar-refractivity contribution is 0.262. The van der Waals surface area contributed by atoms with E-state index in [0.717, 1.165) is 12.2 Å². The van der Waals surface area contributed by atoms with Crippen LogP contribution in [0.5, 0.6) is 17.4 Å². The van der Waals surface area contributed by atoms with Crippen LogP contribution in [0.2, 0.25) is 0 Å². The van der Waals surface area contributed by atoms with Gasteiger partial charge in [-0.3, -0.25) is 4.99 Å². The SMILES string of the molecule is Cc1c(OCC2CO2)cn2ncnc(Oc3ccc4c(c3F)=CC(C)N=4)c12. The topological polar surface area (TPSA) is 73.5 Å². The second-order valence-corrected chi connectivity index (χ2v) is 6.69. The van der Waals surface area contributed by atoms with Gasteiger partial charge in [-0.2, -0.15) is 10.1 Å². The highest BCUT2D eigenvalue weighted by Crippen LogP contribution is 2.32. The minimum atomic E-state index is -0.441. The summed E-state index contributed by atoms with van der Waals surface area (Å²) in [6.45, 7) is 5.01. The lowest BCUT2D eigenvalue weighted by Crippen LogP contribution is -2.25. The van der Waals surface area contributed by atoms with Crippen molar-refractivity contribution in [3.63, 3.8) is 0 Å². The van der Waals surface area contributed by atoms with Crippen LogP contribution in [0.25, 0.3) is 11.6 Å². The van der Waals surface area contributed by atoms with Crippen molar-refractivity contribution in [1.82, 2.24) is 14.6 Å². The van der Waals surface area contributed by atoms with E-state index < -0.39 is 5.82 Å². The third kappa shape index (κ3) is 2.82. The van der Waals surface area contributed by atoms with Gasteiger partial charge in [0.05, 0.1) is 24.2 Å². The number of hydrogen-bond donors (Lipinski definition) is 0. The molecule has 2 aromatic heterocycles. The summed E-state index contributed by atoms with van der Waals surface area (Å²) in [6.07, 6.45) is 5.06. The van der Waals surface area contributed by atoms with Gasteiger partial charge in [-0.05, 0) is 32.1 Å². The third-order valence-corrected chi connectivity index (χ3v) is 4.65. The normalized spacial score (nSPS) is 20.1. The first-order valence-corrected chi connectivity index (χ1v) is 8.73. The standard InChI is InChI=1S/C19H17FN4O3/c1-10-5-13-14(23-10)3-4-15(17(13)20)27-19-18-11(2)16(26-8-12-7-25-12)6-24(18)22-9-21-19/h3-6,9-10,12H,7-8H2,1-2H3. The first-order valence-electron chi connectivity index (χ1n) is 8.73. The van der Waals surface area contributed by atoms with Crippen LogP contribution in [0.3, 0.4) is 0 Å². The predicted octanol–water partition coefficient (Wildman–Crippen LogP) is 1.55. The molecule has 0 amide bonds. The van der Waals surface area contributed by atoms with Gasteiger partial charge in [0.2, 0.25) is 5.88 Å². The Labute approximate surface area is 153 Å². The molecule has 2 atom stereocenters. The first kappa shape index (κ1) is 16.2. The molecule has 0 bridgehead atoms. The number of aryl methyl sites for hydroxylation is 1. The number of fused-ring (bicyclic) bond motifs is 2. The number of hydrogen-bond acceptors (Lipinski definition) is 6. The average Bonchev–Trinajstić information content (AvgIpc) is 3.32. The van der Waals surface area contributed by atoms with Gasteiger partial charge in [-0.1, -0.05) is 0 Å². The van der Waals surface area contributed by atoms with Gasteiger partial charge in [-0.15, -0.1) is 0 Å². The molecule has 2 unspecified atom stereocenters. The number of epoxide rings is 1. The Balaban J connectivity index is 1.53. The minimum absolute atomic E-state index is 0.0430. The summed E-state index contributed by atoms with van der Waals surface area (Å²) in [5.74, 6) is 0.598. The van der Waals surface area contributed by atoms with Crippen molar-refractivity contribution < 1.29 is 18.6 Å². The van der Waals surface area contributed by atoms with E-state index in [0.29, 0.717) is 28.4 Å². The number of rotatable bonds is 5. The molecule has 7 nitrogen and oxygen atoms in total. The maximum atomic E-state index is 14.9. The second-order valence-electron chi connectivity index (χ2n) is 6.69. The van der Waals surface area contributed by atoms with Crippen molar-refractivity contribution >= 4 is 11.6 Å². The Bertz CT molecular complexity index is 1170. The fourth-order valence-electron chi connectivity index (χ4n) is 3.19. The van der Waals surface area contributed by atoms with E-state index >= 15 is 0 Å². The zero-order valence-corrected chi connectivity index (χ0v) is 14.8. The number of aromatic nitrogens is 3. The maximum Gasteiger partial charge on any atom is 0.247 e. The van der Waals surface area contributed by atoms with Crippen LogP contribution in [-0.4, -0.2) is 40.0 Å². The number of benzene rings is 1. The molecule has 0 radical (unpaired) electrons. The van der Waals surface area contributed by atoms with E-state index in [2.05, 4.69) is 15.1 Å². The molecule has 2 aliphatic rings. The van der Waals surface area contributed by atoms with Crippen LogP contribution in [0, 0.1) is 12.7 Å². The largest absolute Gasteiger partial charge is 0.489 e. The highest BCUT2D eigenvalue weighted by atomic mass is 19.1. The number of halogens is 1. The summed E-state index contributed by atoms with van der Waals surface area (Å²) in [4.78, 5) is 8.56. The Morgan fingerprint density at radius 1 is 1.33 bits per heavy atom. The average molecular weight is 368 g/mol. The van der Waals surface area contributed by atoms with Crippen molar-refractivity contribution in [3.8, 4) is 17.4 Å². The zero-order chi connectivity index (χ0) is 18.5. The molecule has 0 spiro atoms. The fourth-order valence-corrected chi connectivity index (χ4v) is 3.19. The molecule has 27 heavy (non-hydrogen) atoms. The Morgan fingerprint density at radius 3 is 3.00 bits per heavy atom. The van der Waals surface area contributed by atoms with E-state index in [4.69, 9.17) is 14.2 Å². The van der Waals surface area contributed by atoms with E-state index in [-0.39, 0.29) is 23.8 Å². The summed E-state index contributed by atoms with van der Waals surface area (Å²) < 4.78 is 33.3. The van der Waals surface area contributed by atoms with Crippen LogP contribution in [0.4, 0.5) is 4.39 Å².